The Bertz CT molecular complexity index is 632. The molecule has 4 heteroatoms. The van der Waals surface area contributed by atoms with E-state index in [1.54, 1.807) is 0 Å². The second-order valence-corrected chi connectivity index (χ2v) is 8.46. The van der Waals surface area contributed by atoms with Crippen LogP contribution in [0.15, 0.2) is 36.4 Å². The molecule has 1 aromatic rings. The molecule has 1 saturated carbocycles. The maximum absolute atomic E-state index is 12.4. The van der Waals surface area contributed by atoms with Crippen molar-refractivity contribution in [3.8, 4) is 0 Å². The molecule has 0 spiro atoms. The molecule has 0 radical (unpaired) electrons. The SMILES string of the molecule is O=C(NC1CC1)[C@H]1CCCN(C2CCN(C/C=C/c3ccccc3)CC2)C1. The van der Waals surface area contributed by atoms with Crippen LogP contribution in [-0.2, 0) is 4.79 Å². The van der Waals surface area contributed by atoms with Gasteiger partial charge in [-0.2, -0.15) is 0 Å². The van der Waals surface area contributed by atoms with Crippen molar-refractivity contribution < 1.29 is 4.79 Å². The third-order valence-electron chi connectivity index (χ3n) is 6.29. The molecule has 2 aliphatic heterocycles. The van der Waals surface area contributed by atoms with E-state index in [0.29, 0.717) is 18.0 Å². The van der Waals surface area contributed by atoms with Crippen molar-refractivity contribution in [1.82, 2.24) is 15.1 Å². The molecular formula is C23H33N3O. The fourth-order valence-electron chi connectivity index (χ4n) is 4.47. The summed E-state index contributed by atoms with van der Waals surface area (Å²) in [6.45, 7) is 5.51. The zero-order valence-corrected chi connectivity index (χ0v) is 16.4. The summed E-state index contributed by atoms with van der Waals surface area (Å²) in [5, 5.41) is 3.21. The summed E-state index contributed by atoms with van der Waals surface area (Å²) in [5.41, 5.74) is 1.27. The van der Waals surface area contributed by atoms with Crippen molar-refractivity contribution in [2.75, 3.05) is 32.7 Å². The van der Waals surface area contributed by atoms with Crippen LogP contribution in [0.25, 0.3) is 6.08 Å². The van der Waals surface area contributed by atoms with Gasteiger partial charge in [0.05, 0.1) is 5.92 Å². The number of nitrogens with one attached hydrogen (secondary N) is 1. The van der Waals surface area contributed by atoms with Gasteiger partial charge in [0.25, 0.3) is 0 Å². The number of piperidine rings is 2. The summed E-state index contributed by atoms with van der Waals surface area (Å²) in [5.74, 6) is 0.525. The van der Waals surface area contributed by atoms with E-state index in [-0.39, 0.29) is 5.92 Å². The number of rotatable bonds is 6. The third kappa shape index (κ3) is 5.43. The molecule has 2 heterocycles. The van der Waals surface area contributed by atoms with E-state index in [9.17, 15) is 4.79 Å². The molecule has 0 unspecified atom stereocenters. The summed E-state index contributed by atoms with van der Waals surface area (Å²) in [7, 11) is 0. The van der Waals surface area contributed by atoms with Gasteiger partial charge in [-0.3, -0.25) is 14.6 Å². The number of benzene rings is 1. The Morgan fingerprint density at radius 2 is 1.81 bits per heavy atom. The highest BCUT2D eigenvalue weighted by molar-refractivity contribution is 5.79. The van der Waals surface area contributed by atoms with Crippen LogP contribution in [0.4, 0.5) is 0 Å². The van der Waals surface area contributed by atoms with E-state index in [1.807, 2.05) is 0 Å². The van der Waals surface area contributed by atoms with Crippen LogP contribution in [0.1, 0.15) is 44.1 Å². The highest BCUT2D eigenvalue weighted by Gasteiger charge is 2.33. The maximum atomic E-state index is 12.4. The highest BCUT2D eigenvalue weighted by atomic mass is 16.2. The van der Waals surface area contributed by atoms with Gasteiger partial charge < -0.3 is 5.32 Å². The predicted octanol–water partition coefficient (Wildman–Crippen LogP) is 3.15. The number of carbonyl (C=O) groups excluding carboxylic acids is 1. The molecule has 3 aliphatic rings. The van der Waals surface area contributed by atoms with Crippen LogP contribution >= 0.6 is 0 Å². The van der Waals surface area contributed by atoms with Gasteiger partial charge in [0, 0.05) is 25.2 Å². The van der Waals surface area contributed by atoms with Gasteiger partial charge in [-0.1, -0.05) is 42.5 Å². The Morgan fingerprint density at radius 1 is 1.04 bits per heavy atom. The quantitative estimate of drug-likeness (QED) is 0.839. The maximum Gasteiger partial charge on any atom is 0.224 e. The monoisotopic (exact) mass is 367 g/mol. The zero-order valence-electron chi connectivity index (χ0n) is 16.4. The predicted molar refractivity (Wildman–Crippen MR) is 110 cm³/mol. The lowest BCUT2D eigenvalue weighted by molar-refractivity contribution is -0.127. The van der Waals surface area contributed by atoms with E-state index in [1.165, 1.54) is 57.3 Å². The fraction of sp³-hybridized carbons (Fsp3) is 0.609. The number of likely N-dealkylation sites (tertiary alicyclic amines) is 2. The first-order chi connectivity index (χ1) is 13.3. The van der Waals surface area contributed by atoms with E-state index in [0.717, 1.165) is 19.5 Å². The van der Waals surface area contributed by atoms with Gasteiger partial charge in [-0.05, 0) is 63.7 Å². The Balaban J connectivity index is 1.20. The Morgan fingerprint density at radius 3 is 2.56 bits per heavy atom. The normalized spacial score (nSPS) is 25.7. The van der Waals surface area contributed by atoms with Crippen LogP contribution < -0.4 is 5.32 Å². The molecule has 1 amide bonds. The van der Waals surface area contributed by atoms with Crippen molar-refractivity contribution in [3.05, 3.63) is 42.0 Å². The van der Waals surface area contributed by atoms with Crippen molar-refractivity contribution in [2.45, 2.75) is 50.6 Å². The van der Waals surface area contributed by atoms with Crippen molar-refractivity contribution in [3.63, 3.8) is 0 Å². The molecule has 27 heavy (non-hydrogen) atoms. The molecule has 1 aromatic carbocycles. The van der Waals surface area contributed by atoms with Gasteiger partial charge in [-0.15, -0.1) is 0 Å². The highest BCUT2D eigenvalue weighted by Crippen LogP contribution is 2.25. The van der Waals surface area contributed by atoms with E-state index >= 15 is 0 Å². The lowest BCUT2D eigenvalue weighted by atomic mass is 9.93. The largest absolute Gasteiger partial charge is 0.353 e. The molecule has 1 N–H and O–H groups in total. The number of hydrogen-bond acceptors (Lipinski definition) is 3. The molecule has 4 nitrogen and oxygen atoms in total. The lowest BCUT2D eigenvalue weighted by Crippen LogP contribution is -2.51. The number of amides is 1. The molecule has 0 bridgehead atoms. The zero-order chi connectivity index (χ0) is 18.5. The van der Waals surface area contributed by atoms with Gasteiger partial charge in [-0.25, -0.2) is 0 Å². The van der Waals surface area contributed by atoms with E-state index in [4.69, 9.17) is 0 Å². The first-order valence-electron chi connectivity index (χ1n) is 10.8. The molecule has 0 aromatic heterocycles. The number of nitrogens with zero attached hydrogens (tertiary/aromatic N) is 2. The van der Waals surface area contributed by atoms with Crippen molar-refractivity contribution >= 4 is 12.0 Å². The van der Waals surface area contributed by atoms with Gasteiger partial charge in [0.1, 0.15) is 0 Å². The molecule has 1 aliphatic carbocycles. The van der Waals surface area contributed by atoms with Gasteiger partial charge >= 0.3 is 0 Å². The Kier molecular flexibility index (Phi) is 6.25. The van der Waals surface area contributed by atoms with Crippen LogP contribution in [0, 0.1) is 5.92 Å². The Hall–Kier alpha value is -1.65. The van der Waals surface area contributed by atoms with E-state index in [2.05, 4.69) is 57.6 Å². The smallest absolute Gasteiger partial charge is 0.224 e. The van der Waals surface area contributed by atoms with Crippen LogP contribution in [0.3, 0.4) is 0 Å². The summed E-state index contributed by atoms with van der Waals surface area (Å²) in [6, 6.07) is 11.7. The third-order valence-corrected chi connectivity index (χ3v) is 6.29. The number of carbonyl (C=O) groups is 1. The standard InChI is InChI=1S/C23H33N3O/c27-23(24-21-10-11-21)20-9-5-15-26(18-20)22-12-16-25(17-13-22)14-4-8-19-6-2-1-3-7-19/h1-4,6-8,20-22H,5,9-18H2,(H,24,27)/b8-4+/t20-/m0/s1. The van der Waals surface area contributed by atoms with Crippen molar-refractivity contribution in [2.24, 2.45) is 5.92 Å². The second kappa shape index (κ2) is 9.03. The summed E-state index contributed by atoms with van der Waals surface area (Å²) in [6.07, 6.45) is 11.6. The molecule has 1 atom stereocenters. The summed E-state index contributed by atoms with van der Waals surface area (Å²) >= 11 is 0. The molecule has 4 rings (SSSR count). The summed E-state index contributed by atoms with van der Waals surface area (Å²) < 4.78 is 0. The minimum absolute atomic E-state index is 0.214. The van der Waals surface area contributed by atoms with Crippen molar-refractivity contribution in [1.29, 1.82) is 0 Å². The minimum atomic E-state index is 0.214. The van der Waals surface area contributed by atoms with E-state index < -0.39 is 0 Å². The molecule has 3 fully saturated rings. The second-order valence-electron chi connectivity index (χ2n) is 8.46. The Labute approximate surface area is 163 Å². The van der Waals surface area contributed by atoms with Gasteiger partial charge in [0.2, 0.25) is 5.91 Å². The van der Waals surface area contributed by atoms with Gasteiger partial charge in [0.15, 0.2) is 0 Å². The average Bonchev–Trinajstić information content (AvgIpc) is 3.53. The molecule has 2 saturated heterocycles. The number of hydrogen-bond donors (Lipinski definition) is 1. The van der Waals surface area contributed by atoms with Crippen LogP contribution in [-0.4, -0.2) is 60.5 Å². The molecular weight excluding hydrogens is 334 g/mol. The van der Waals surface area contributed by atoms with Crippen LogP contribution in [0.5, 0.6) is 0 Å². The van der Waals surface area contributed by atoms with Crippen LogP contribution in [0.2, 0.25) is 0 Å². The first kappa shape index (κ1) is 18.7. The topological polar surface area (TPSA) is 35.6 Å². The summed E-state index contributed by atoms with van der Waals surface area (Å²) in [4.78, 5) is 17.6. The lowest BCUT2D eigenvalue weighted by Gasteiger charge is -2.41. The minimum Gasteiger partial charge on any atom is -0.353 e. The first-order valence-corrected chi connectivity index (χ1v) is 10.8. The molecule has 146 valence electrons. The average molecular weight is 368 g/mol. The fourth-order valence-corrected chi connectivity index (χ4v) is 4.47.